The molecule has 1 atom stereocenters. The van der Waals surface area contributed by atoms with E-state index in [0.29, 0.717) is 25.3 Å². The lowest BCUT2D eigenvalue weighted by molar-refractivity contribution is -0.139. The summed E-state index contributed by atoms with van der Waals surface area (Å²) in [7, 11) is 1.62. The smallest absolute Gasteiger partial charge is 0.242 e. The molecule has 6 heteroatoms. The van der Waals surface area contributed by atoms with Crippen molar-refractivity contribution in [2.45, 2.75) is 52.0 Å². The minimum Gasteiger partial charge on any atom is -0.497 e. The molecule has 31 heavy (non-hydrogen) atoms. The standard InChI is InChI=1S/C25H34N2O3S/c1-5-14-26-25(29)23(6-2)27(16-21-8-7-9-22(15-21)30-4)24(28)18-31-17-20-12-10-19(3)11-13-20/h7-13,15,23H,5-6,14,16-18H2,1-4H3,(H,26,29)/t23-/m1/s1. The number of carbonyl (C=O) groups is 2. The lowest BCUT2D eigenvalue weighted by atomic mass is 10.1. The van der Waals surface area contributed by atoms with E-state index in [1.807, 2.05) is 38.1 Å². The van der Waals surface area contributed by atoms with Crippen molar-refractivity contribution in [2.24, 2.45) is 0 Å². The van der Waals surface area contributed by atoms with Gasteiger partial charge in [0.1, 0.15) is 11.8 Å². The summed E-state index contributed by atoms with van der Waals surface area (Å²) in [6.45, 7) is 7.01. The number of ether oxygens (including phenoxy) is 1. The number of hydrogen-bond acceptors (Lipinski definition) is 4. The fourth-order valence-electron chi connectivity index (χ4n) is 3.28. The monoisotopic (exact) mass is 442 g/mol. The topological polar surface area (TPSA) is 58.6 Å². The molecule has 2 amide bonds. The van der Waals surface area contributed by atoms with Crippen LogP contribution < -0.4 is 10.1 Å². The third-order valence-electron chi connectivity index (χ3n) is 5.04. The fourth-order valence-corrected chi connectivity index (χ4v) is 4.15. The van der Waals surface area contributed by atoms with E-state index in [1.165, 1.54) is 11.1 Å². The Labute approximate surface area is 190 Å². The number of hydrogen-bond donors (Lipinski definition) is 1. The summed E-state index contributed by atoms with van der Waals surface area (Å²) in [6, 6.07) is 15.5. The minimum atomic E-state index is -0.495. The molecule has 0 radical (unpaired) electrons. The summed E-state index contributed by atoms with van der Waals surface area (Å²) in [4.78, 5) is 27.7. The Bertz CT molecular complexity index is 839. The highest BCUT2D eigenvalue weighted by Gasteiger charge is 2.28. The number of carbonyl (C=O) groups excluding carboxylic acids is 2. The molecule has 0 fully saturated rings. The number of aryl methyl sites for hydroxylation is 1. The van der Waals surface area contributed by atoms with Crippen LogP contribution in [-0.4, -0.2) is 42.2 Å². The van der Waals surface area contributed by atoms with Gasteiger partial charge in [-0.2, -0.15) is 0 Å². The number of benzene rings is 2. The number of rotatable bonds is 12. The average Bonchev–Trinajstić information content (AvgIpc) is 2.78. The number of thioether (sulfide) groups is 1. The van der Waals surface area contributed by atoms with E-state index in [4.69, 9.17) is 4.74 Å². The lowest BCUT2D eigenvalue weighted by Crippen LogP contribution is -2.49. The van der Waals surface area contributed by atoms with E-state index < -0.39 is 6.04 Å². The van der Waals surface area contributed by atoms with Crippen molar-refractivity contribution in [2.75, 3.05) is 19.4 Å². The highest BCUT2D eigenvalue weighted by Crippen LogP contribution is 2.20. The van der Waals surface area contributed by atoms with Crippen LogP contribution in [-0.2, 0) is 21.9 Å². The van der Waals surface area contributed by atoms with Gasteiger partial charge in [-0.25, -0.2) is 0 Å². The Morgan fingerprint density at radius 3 is 2.48 bits per heavy atom. The molecule has 2 rings (SSSR count). The van der Waals surface area contributed by atoms with Crippen molar-refractivity contribution < 1.29 is 14.3 Å². The second kappa shape index (κ2) is 13.1. The van der Waals surface area contributed by atoms with E-state index in [2.05, 4.69) is 36.5 Å². The maximum atomic E-state index is 13.2. The zero-order chi connectivity index (χ0) is 22.6. The summed E-state index contributed by atoms with van der Waals surface area (Å²) in [5, 5.41) is 2.95. The lowest BCUT2D eigenvalue weighted by Gasteiger charge is -2.30. The highest BCUT2D eigenvalue weighted by molar-refractivity contribution is 7.99. The minimum absolute atomic E-state index is 0.0292. The number of nitrogens with one attached hydrogen (secondary N) is 1. The van der Waals surface area contributed by atoms with E-state index in [1.54, 1.807) is 23.8 Å². The summed E-state index contributed by atoms with van der Waals surface area (Å²) in [5.74, 6) is 1.71. The van der Waals surface area contributed by atoms with Gasteiger partial charge < -0.3 is 15.0 Å². The van der Waals surface area contributed by atoms with E-state index in [0.717, 1.165) is 23.5 Å². The fraction of sp³-hybridized carbons (Fsp3) is 0.440. The van der Waals surface area contributed by atoms with Gasteiger partial charge in [0, 0.05) is 18.8 Å². The van der Waals surface area contributed by atoms with Gasteiger partial charge in [-0.05, 0) is 43.0 Å². The maximum Gasteiger partial charge on any atom is 0.242 e. The van der Waals surface area contributed by atoms with Gasteiger partial charge in [0.05, 0.1) is 12.9 Å². The molecule has 2 aromatic carbocycles. The van der Waals surface area contributed by atoms with Crippen LogP contribution in [0, 0.1) is 6.92 Å². The molecular formula is C25H34N2O3S. The van der Waals surface area contributed by atoms with Gasteiger partial charge in [-0.15, -0.1) is 11.8 Å². The quantitative estimate of drug-likeness (QED) is 0.523. The van der Waals surface area contributed by atoms with Crippen LogP contribution in [0.5, 0.6) is 5.75 Å². The number of amides is 2. The molecule has 2 aromatic rings. The third kappa shape index (κ3) is 7.94. The Morgan fingerprint density at radius 2 is 1.84 bits per heavy atom. The van der Waals surface area contributed by atoms with Crippen LogP contribution >= 0.6 is 11.8 Å². The third-order valence-corrected chi connectivity index (χ3v) is 6.03. The Balaban J connectivity index is 2.12. The zero-order valence-corrected chi connectivity index (χ0v) is 19.8. The molecule has 5 nitrogen and oxygen atoms in total. The van der Waals surface area contributed by atoms with Crippen molar-refractivity contribution in [3.63, 3.8) is 0 Å². The Morgan fingerprint density at radius 1 is 1.10 bits per heavy atom. The molecular weight excluding hydrogens is 408 g/mol. The second-order valence-electron chi connectivity index (χ2n) is 7.57. The normalized spacial score (nSPS) is 11.6. The van der Waals surface area contributed by atoms with Crippen LogP contribution in [0.1, 0.15) is 43.4 Å². The van der Waals surface area contributed by atoms with Gasteiger partial charge in [-0.1, -0.05) is 55.8 Å². The van der Waals surface area contributed by atoms with Crippen molar-refractivity contribution >= 4 is 23.6 Å². The van der Waals surface area contributed by atoms with Gasteiger partial charge in [0.15, 0.2) is 0 Å². The molecule has 0 aromatic heterocycles. The molecule has 0 aliphatic heterocycles. The maximum absolute atomic E-state index is 13.2. The molecule has 0 unspecified atom stereocenters. The van der Waals surface area contributed by atoms with Crippen molar-refractivity contribution in [3.05, 3.63) is 65.2 Å². The molecule has 0 spiro atoms. The number of methoxy groups -OCH3 is 1. The molecule has 168 valence electrons. The average molecular weight is 443 g/mol. The SMILES string of the molecule is CCCNC(=O)[C@@H](CC)N(Cc1cccc(OC)c1)C(=O)CSCc1ccc(C)cc1. The zero-order valence-electron chi connectivity index (χ0n) is 19.0. The van der Waals surface area contributed by atoms with Crippen LogP contribution in [0.15, 0.2) is 48.5 Å². The molecule has 0 heterocycles. The molecule has 1 N–H and O–H groups in total. The van der Waals surface area contributed by atoms with Crippen molar-refractivity contribution in [1.29, 1.82) is 0 Å². The van der Waals surface area contributed by atoms with Gasteiger partial charge in [0.25, 0.3) is 0 Å². The predicted molar refractivity (Wildman–Crippen MR) is 128 cm³/mol. The van der Waals surface area contributed by atoms with Crippen molar-refractivity contribution in [3.8, 4) is 5.75 Å². The van der Waals surface area contributed by atoms with Gasteiger partial charge in [-0.3, -0.25) is 9.59 Å². The summed E-state index contributed by atoms with van der Waals surface area (Å²) >= 11 is 1.58. The highest BCUT2D eigenvalue weighted by atomic mass is 32.2. The van der Waals surface area contributed by atoms with Crippen LogP contribution in [0.2, 0.25) is 0 Å². The first-order chi connectivity index (χ1) is 15.0. The summed E-state index contributed by atoms with van der Waals surface area (Å²) < 4.78 is 5.32. The molecule has 0 saturated heterocycles. The second-order valence-corrected chi connectivity index (χ2v) is 8.55. The van der Waals surface area contributed by atoms with E-state index in [9.17, 15) is 9.59 Å². The summed E-state index contributed by atoms with van der Waals surface area (Å²) in [5.41, 5.74) is 3.35. The molecule has 0 aliphatic rings. The number of nitrogens with zero attached hydrogens (tertiary/aromatic N) is 1. The van der Waals surface area contributed by atoms with Crippen molar-refractivity contribution in [1.82, 2.24) is 10.2 Å². The first-order valence-electron chi connectivity index (χ1n) is 10.8. The van der Waals surface area contributed by atoms with Gasteiger partial charge in [0.2, 0.25) is 11.8 Å². The Hall–Kier alpha value is -2.47. The molecule has 0 bridgehead atoms. The van der Waals surface area contributed by atoms with Crippen LogP contribution in [0.3, 0.4) is 0 Å². The van der Waals surface area contributed by atoms with E-state index in [-0.39, 0.29) is 11.8 Å². The predicted octanol–water partition coefficient (Wildman–Crippen LogP) is 4.57. The van der Waals surface area contributed by atoms with Crippen LogP contribution in [0.4, 0.5) is 0 Å². The molecule has 0 aliphatic carbocycles. The largest absolute Gasteiger partial charge is 0.497 e. The first kappa shape index (κ1) is 24.8. The van der Waals surface area contributed by atoms with Gasteiger partial charge >= 0.3 is 0 Å². The first-order valence-corrected chi connectivity index (χ1v) is 12.0. The summed E-state index contributed by atoms with van der Waals surface area (Å²) in [6.07, 6.45) is 1.42. The Kier molecular flexibility index (Phi) is 10.4. The molecule has 0 saturated carbocycles. The van der Waals surface area contributed by atoms with Crippen LogP contribution in [0.25, 0.3) is 0 Å². The van der Waals surface area contributed by atoms with E-state index >= 15 is 0 Å².